The lowest BCUT2D eigenvalue weighted by Crippen LogP contribution is -2.41. The van der Waals surface area contributed by atoms with Gasteiger partial charge in [-0.05, 0) is 19.4 Å². The average molecular weight is 267 g/mol. The summed E-state index contributed by atoms with van der Waals surface area (Å²) in [6.45, 7) is 3.15. The van der Waals surface area contributed by atoms with Crippen LogP contribution in [0.15, 0.2) is 0 Å². The molecular weight excluding hydrogens is 247 g/mol. The maximum atomic E-state index is 11.8. The number of amides is 1. The van der Waals surface area contributed by atoms with Crippen molar-refractivity contribution in [3.63, 3.8) is 0 Å². The highest BCUT2D eigenvalue weighted by atomic mass is 19.4. The van der Waals surface area contributed by atoms with Crippen molar-refractivity contribution in [2.24, 2.45) is 0 Å². The van der Waals surface area contributed by atoms with E-state index in [9.17, 15) is 18.0 Å². The molecule has 1 aliphatic carbocycles. The molecule has 0 saturated heterocycles. The number of nitrogens with zero attached hydrogens (tertiary/aromatic N) is 1. The van der Waals surface area contributed by atoms with Crippen molar-refractivity contribution in [3.05, 3.63) is 0 Å². The quantitative estimate of drug-likeness (QED) is 0.638. The van der Waals surface area contributed by atoms with Crippen molar-refractivity contribution in [2.45, 2.75) is 32.0 Å². The zero-order valence-electron chi connectivity index (χ0n) is 10.5. The van der Waals surface area contributed by atoms with Gasteiger partial charge in [0.1, 0.15) is 6.54 Å². The van der Waals surface area contributed by atoms with E-state index in [0.29, 0.717) is 12.6 Å². The zero-order valence-corrected chi connectivity index (χ0v) is 10.5. The van der Waals surface area contributed by atoms with Gasteiger partial charge >= 0.3 is 6.18 Å². The van der Waals surface area contributed by atoms with Crippen molar-refractivity contribution < 1.29 is 18.0 Å². The van der Waals surface area contributed by atoms with Gasteiger partial charge in [-0.3, -0.25) is 9.69 Å². The fourth-order valence-electron chi connectivity index (χ4n) is 1.72. The maximum Gasteiger partial charge on any atom is 0.405 e. The fourth-order valence-corrected chi connectivity index (χ4v) is 1.72. The smallest absolute Gasteiger partial charge is 0.346 e. The van der Waals surface area contributed by atoms with Crippen LogP contribution < -0.4 is 10.6 Å². The molecule has 18 heavy (non-hydrogen) atoms. The van der Waals surface area contributed by atoms with Crippen molar-refractivity contribution >= 4 is 5.91 Å². The number of halogens is 3. The SMILES string of the molecule is CCN(CCNCC(=O)NCC(F)(F)F)C1CC1. The molecule has 7 heteroatoms. The monoisotopic (exact) mass is 267 g/mol. The number of nitrogens with one attached hydrogen (secondary N) is 2. The summed E-state index contributed by atoms with van der Waals surface area (Å²) >= 11 is 0. The third kappa shape index (κ3) is 6.80. The van der Waals surface area contributed by atoms with Gasteiger partial charge in [-0.15, -0.1) is 0 Å². The van der Waals surface area contributed by atoms with E-state index in [-0.39, 0.29) is 6.54 Å². The molecule has 0 aromatic rings. The second-order valence-corrected chi connectivity index (χ2v) is 4.43. The van der Waals surface area contributed by atoms with Gasteiger partial charge in [-0.1, -0.05) is 6.92 Å². The summed E-state index contributed by atoms with van der Waals surface area (Å²) in [5.74, 6) is -0.623. The third-order valence-electron chi connectivity index (χ3n) is 2.82. The van der Waals surface area contributed by atoms with Gasteiger partial charge in [0.05, 0.1) is 6.54 Å². The van der Waals surface area contributed by atoms with Gasteiger partial charge in [-0.25, -0.2) is 0 Å². The highest BCUT2D eigenvalue weighted by molar-refractivity contribution is 5.77. The Morgan fingerprint density at radius 2 is 2.06 bits per heavy atom. The molecule has 1 amide bonds. The average Bonchev–Trinajstić information content (AvgIpc) is 3.09. The van der Waals surface area contributed by atoms with Gasteiger partial charge in [0.25, 0.3) is 0 Å². The molecule has 0 unspecified atom stereocenters. The topological polar surface area (TPSA) is 44.4 Å². The van der Waals surface area contributed by atoms with Crippen LogP contribution in [0.4, 0.5) is 13.2 Å². The van der Waals surface area contributed by atoms with Crippen LogP contribution in [0.5, 0.6) is 0 Å². The molecule has 1 fully saturated rings. The van der Waals surface area contributed by atoms with Gasteiger partial charge < -0.3 is 10.6 Å². The molecule has 1 rings (SSSR count). The second-order valence-electron chi connectivity index (χ2n) is 4.43. The molecule has 0 aromatic carbocycles. The molecule has 0 radical (unpaired) electrons. The van der Waals surface area contributed by atoms with Gasteiger partial charge in [0.2, 0.25) is 5.91 Å². The van der Waals surface area contributed by atoms with E-state index in [1.807, 2.05) is 5.32 Å². The summed E-state index contributed by atoms with van der Waals surface area (Å²) in [6, 6.07) is 0.663. The number of rotatable bonds is 8. The summed E-state index contributed by atoms with van der Waals surface area (Å²) in [4.78, 5) is 13.4. The molecule has 0 atom stereocenters. The first-order chi connectivity index (χ1) is 8.42. The molecule has 1 aliphatic rings. The number of carbonyl (C=O) groups excluding carboxylic acids is 1. The Morgan fingerprint density at radius 1 is 1.39 bits per heavy atom. The highest BCUT2D eigenvalue weighted by Gasteiger charge is 2.28. The van der Waals surface area contributed by atoms with Gasteiger partial charge in [0.15, 0.2) is 0 Å². The highest BCUT2D eigenvalue weighted by Crippen LogP contribution is 2.25. The van der Waals surface area contributed by atoms with E-state index in [1.165, 1.54) is 12.8 Å². The van der Waals surface area contributed by atoms with Gasteiger partial charge in [0, 0.05) is 19.1 Å². The van der Waals surface area contributed by atoms with Crippen LogP contribution in [0, 0.1) is 0 Å². The number of alkyl halides is 3. The van der Waals surface area contributed by atoms with Gasteiger partial charge in [-0.2, -0.15) is 13.2 Å². The molecule has 0 aromatic heterocycles. The molecule has 106 valence electrons. The van der Waals surface area contributed by atoms with E-state index in [2.05, 4.69) is 17.1 Å². The summed E-state index contributed by atoms with van der Waals surface area (Å²) in [6.07, 6.45) is -1.90. The van der Waals surface area contributed by atoms with Crippen LogP contribution in [0.3, 0.4) is 0 Å². The normalized spacial score (nSPS) is 16.1. The first kappa shape index (κ1) is 15.2. The lowest BCUT2D eigenvalue weighted by molar-refractivity contribution is -0.137. The standard InChI is InChI=1S/C11H20F3N3O/c1-2-17(9-3-4-9)6-5-15-7-10(18)16-8-11(12,13)14/h9,15H,2-8H2,1H3,(H,16,18). The van der Waals surface area contributed by atoms with E-state index < -0.39 is 18.6 Å². The summed E-state index contributed by atoms with van der Waals surface area (Å²) in [5.41, 5.74) is 0. The zero-order chi connectivity index (χ0) is 13.6. The van der Waals surface area contributed by atoms with Crippen LogP contribution in [0.2, 0.25) is 0 Å². The number of likely N-dealkylation sites (N-methyl/N-ethyl adjacent to an activating group) is 1. The van der Waals surface area contributed by atoms with Crippen molar-refractivity contribution in [1.82, 2.24) is 15.5 Å². The van der Waals surface area contributed by atoms with Crippen molar-refractivity contribution in [2.75, 3.05) is 32.7 Å². The Hall–Kier alpha value is -0.820. The minimum atomic E-state index is -4.35. The second kappa shape index (κ2) is 6.94. The molecule has 0 spiro atoms. The third-order valence-corrected chi connectivity index (χ3v) is 2.82. The Labute approximate surface area is 105 Å². The molecule has 0 bridgehead atoms. The first-order valence-electron chi connectivity index (χ1n) is 6.20. The van der Waals surface area contributed by atoms with Crippen molar-refractivity contribution in [3.8, 4) is 0 Å². The molecule has 0 heterocycles. The van der Waals surface area contributed by atoms with Crippen LogP contribution in [-0.2, 0) is 4.79 Å². The van der Waals surface area contributed by atoms with E-state index in [1.54, 1.807) is 0 Å². The number of hydrogen-bond acceptors (Lipinski definition) is 3. The minimum Gasteiger partial charge on any atom is -0.346 e. The fraction of sp³-hybridized carbons (Fsp3) is 0.909. The number of hydrogen-bond donors (Lipinski definition) is 2. The molecule has 0 aliphatic heterocycles. The Balaban J connectivity index is 2.01. The predicted molar refractivity (Wildman–Crippen MR) is 62.2 cm³/mol. The lowest BCUT2D eigenvalue weighted by Gasteiger charge is -2.19. The molecule has 4 nitrogen and oxygen atoms in total. The Kier molecular flexibility index (Phi) is 5.87. The van der Waals surface area contributed by atoms with Crippen LogP contribution in [0.25, 0.3) is 0 Å². The van der Waals surface area contributed by atoms with E-state index >= 15 is 0 Å². The van der Waals surface area contributed by atoms with Crippen LogP contribution in [0.1, 0.15) is 19.8 Å². The lowest BCUT2D eigenvalue weighted by atomic mass is 10.4. The molecular formula is C11H20F3N3O. The maximum absolute atomic E-state index is 11.8. The van der Waals surface area contributed by atoms with Crippen LogP contribution in [-0.4, -0.2) is 55.7 Å². The largest absolute Gasteiger partial charge is 0.405 e. The summed E-state index contributed by atoms with van der Waals surface area (Å²) in [7, 11) is 0. The molecule has 2 N–H and O–H groups in total. The minimum absolute atomic E-state index is 0.0711. The van der Waals surface area contributed by atoms with Crippen molar-refractivity contribution in [1.29, 1.82) is 0 Å². The van der Waals surface area contributed by atoms with Crippen LogP contribution >= 0.6 is 0 Å². The molecule has 1 saturated carbocycles. The van der Waals surface area contributed by atoms with E-state index in [0.717, 1.165) is 13.1 Å². The summed E-state index contributed by atoms with van der Waals surface area (Å²) < 4.78 is 35.4. The summed E-state index contributed by atoms with van der Waals surface area (Å²) in [5, 5.41) is 4.67. The Bertz CT molecular complexity index is 267. The number of carbonyl (C=O) groups is 1. The Morgan fingerprint density at radius 3 is 2.56 bits per heavy atom. The predicted octanol–water partition coefficient (Wildman–Crippen LogP) is 0.739. The van der Waals surface area contributed by atoms with E-state index in [4.69, 9.17) is 0 Å². The first-order valence-corrected chi connectivity index (χ1v) is 6.20.